The van der Waals surface area contributed by atoms with Crippen molar-refractivity contribution in [3.8, 4) is 0 Å². The molecule has 0 aromatic heterocycles. The average Bonchev–Trinajstić information content (AvgIpc) is 2.37. The number of hydrogen-bond acceptors (Lipinski definition) is 4. The predicted octanol–water partition coefficient (Wildman–Crippen LogP) is 2.39. The summed E-state index contributed by atoms with van der Waals surface area (Å²) in [6, 6.07) is 0. The fourth-order valence-electron chi connectivity index (χ4n) is 2.53. The first-order chi connectivity index (χ1) is 8.88. The molecule has 0 heterocycles. The minimum atomic E-state index is 0.467. The average molecular weight is 272 g/mol. The molecule has 4 nitrogen and oxygen atoms in total. The van der Waals surface area contributed by atoms with Crippen molar-refractivity contribution in [3.63, 3.8) is 0 Å². The molecule has 0 aliphatic heterocycles. The van der Waals surface area contributed by atoms with E-state index in [0.717, 1.165) is 19.8 Å². The fourth-order valence-corrected chi connectivity index (χ4v) is 2.53. The van der Waals surface area contributed by atoms with Crippen LogP contribution in [0, 0.1) is 5.92 Å². The number of hydrogen-bond donors (Lipinski definition) is 0. The first-order valence-electron chi connectivity index (χ1n) is 7.71. The molecule has 0 fully saturated rings. The molecule has 0 spiro atoms. The third-order valence-corrected chi connectivity index (χ3v) is 3.88. The molecule has 116 valence electrons. The topological polar surface area (TPSA) is 13.0 Å². The van der Waals surface area contributed by atoms with Crippen molar-refractivity contribution in [1.29, 1.82) is 0 Å². The van der Waals surface area contributed by atoms with Crippen molar-refractivity contribution in [2.45, 2.75) is 46.7 Å². The van der Waals surface area contributed by atoms with Crippen LogP contribution >= 0.6 is 0 Å². The van der Waals surface area contributed by atoms with E-state index in [0.29, 0.717) is 12.1 Å². The summed E-state index contributed by atoms with van der Waals surface area (Å²) in [4.78, 5) is 4.84. The molecule has 2 unspecified atom stereocenters. The van der Waals surface area contributed by atoms with Crippen LogP contribution in [0.1, 0.15) is 40.5 Å². The Labute approximate surface area is 121 Å². The van der Waals surface area contributed by atoms with Crippen LogP contribution in [0.4, 0.5) is 0 Å². The van der Waals surface area contributed by atoms with Gasteiger partial charge in [0.25, 0.3) is 0 Å². The van der Waals surface area contributed by atoms with Gasteiger partial charge < -0.3 is 0 Å². The molecule has 0 aromatic rings. The monoisotopic (exact) mass is 272 g/mol. The molecule has 2 atom stereocenters. The van der Waals surface area contributed by atoms with Gasteiger partial charge in [-0.15, -0.1) is 0 Å². The summed E-state index contributed by atoms with van der Waals surface area (Å²) in [7, 11) is 8.74. The SMILES string of the molecule is CCCN(C(C(C)CC)N(C)CN(C)CC)N(C)C. The largest absolute Gasteiger partial charge is 0.294 e. The van der Waals surface area contributed by atoms with Crippen molar-refractivity contribution in [3.05, 3.63) is 0 Å². The zero-order valence-corrected chi connectivity index (χ0v) is 14.5. The molecule has 0 rings (SSSR count). The van der Waals surface area contributed by atoms with E-state index in [1.807, 2.05) is 0 Å². The molecule has 0 radical (unpaired) electrons. The highest BCUT2D eigenvalue weighted by Crippen LogP contribution is 2.19. The van der Waals surface area contributed by atoms with Crippen molar-refractivity contribution >= 4 is 0 Å². The molecule has 0 amide bonds. The summed E-state index contributed by atoms with van der Waals surface area (Å²) < 4.78 is 0. The smallest absolute Gasteiger partial charge is 0.0793 e. The summed E-state index contributed by atoms with van der Waals surface area (Å²) in [5.41, 5.74) is 0. The second-order valence-electron chi connectivity index (χ2n) is 5.88. The van der Waals surface area contributed by atoms with E-state index >= 15 is 0 Å². The van der Waals surface area contributed by atoms with Gasteiger partial charge in [0.05, 0.1) is 12.8 Å². The van der Waals surface area contributed by atoms with Crippen LogP contribution in [0.3, 0.4) is 0 Å². The lowest BCUT2D eigenvalue weighted by Gasteiger charge is -2.45. The van der Waals surface area contributed by atoms with Crippen LogP contribution in [0.2, 0.25) is 0 Å². The molecule has 0 N–H and O–H groups in total. The molecule has 0 aromatic carbocycles. The Balaban J connectivity index is 4.94. The highest BCUT2D eigenvalue weighted by molar-refractivity contribution is 4.73. The molecule has 4 heteroatoms. The van der Waals surface area contributed by atoms with Gasteiger partial charge in [-0.05, 0) is 33.0 Å². The lowest BCUT2D eigenvalue weighted by atomic mass is 10.0. The molecule has 19 heavy (non-hydrogen) atoms. The van der Waals surface area contributed by atoms with E-state index in [2.05, 4.69) is 75.7 Å². The normalized spacial score (nSPS) is 15.8. The summed E-state index contributed by atoms with van der Waals surface area (Å²) >= 11 is 0. The van der Waals surface area contributed by atoms with Gasteiger partial charge in [-0.3, -0.25) is 9.80 Å². The Morgan fingerprint density at radius 2 is 1.53 bits per heavy atom. The van der Waals surface area contributed by atoms with Crippen LogP contribution in [0.15, 0.2) is 0 Å². The number of hydrazine groups is 1. The summed E-state index contributed by atoms with van der Waals surface area (Å²) in [5, 5.41) is 4.75. The maximum Gasteiger partial charge on any atom is 0.0793 e. The zero-order valence-electron chi connectivity index (χ0n) is 14.5. The zero-order chi connectivity index (χ0) is 15.0. The van der Waals surface area contributed by atoms with Gasteiger partial charge in [0, 0.05) is 20.6 Å². The lowest BCUT2D eigenvalue weighted by Crippen LogP contribution is -2.57. The minimum absolute atomic E-state index is 0.467. The Bertz CT molecular complexity index is 220. The molecule has 0 saturated heterocycles. The van der Waals surface area contributed by atoms with Gasteiger partial charge in [0.1, 0.15) is 0 Å². The number of nitrogens with zero attached hydrogens (tertiary/aromatic N) is 4. The molecule has 0 aliphatic carbocycles. The second kappa shape index (κ2) is 9.70. The van der Waals surface area contributed by atoms with Gasteiger partial charge >= 0.3 is 0 Å². The summed E-state index contributed by atoms with van der Waals surface area (Å²) in [5.74, 6) is 0.657. The quantitative estimate of drug-likeness (QED) is 0.447. The molecular weight excluding hydrogens is 236 g/mol. The van der Waals surface area contributed by atoms with E-state index in [-0.39, 0.29) is 0 Å². The van der Waals surface area contributed by atoms with Gasteiger partial charge in [0.15, 0.2) is 0 Å². The molecular formula is C15H36N4. The highest BCUT2D eigenvalue weighted by atomic mass is 15.7. The number of rotatable bonds is 10. The van der Waals surface area contributed by atoms with Crippen LogP contribution in [-0.4, -0.2) is 73.9 Å². The van der Waals surface area contributed by atoms with E-state index in [4.69, 9.17) is 0 Å². The van der Waals surface area contributed by atoms with Crippen LogP contribution < -0.4 is 0 Å². The molecule has 0 aliphatic rings. The van der Waals surface area contributed by atoms with Crippen LogP contribution in [0.5, 0.6) is 0 Å². The molecule has 0 saturated carbocycles. The van der Waals surface area contributed by atoms with Gasteiger partial charge in [0.2, 0.25) is 0 Å². The van der Waals surface area contributed by atoms with Crippen molar-refractivity contribution in [2.75, 3.05) is 47.9 Å². The van der Waals surface area contributed by atoms with E-state index in [1.165, 1.54) is 12.8 Å². The van der Waals surface area contributed by atoms with Gasteiger partial charge in [-0.1, -0.05) is 34.1 Å². The molecule has 0 bridgehead atoms. The predicted molar refractivity (Wildman–Crippen MR) is 84.9 cm³/mol. The Hall–Kier alpha value is -0.160. The third kappa shape index (κ3) is 6.21. The van der Waals surface area contributed by atoms with E-state index in [9.17, 15) is 0 Å². The van der Waals surface area contributed by atoms with E-state index < -0.39 is 0 Å². The highest BCUT2D eigenvalue weighted by Gasteiger charge is 2.28. The van der Waals surface area contributed by atoms with Crippen molar-refractivity contribution < 1.29 is 0 Å². The van der Waals surface area contributed by atoms with Crippen molar-refractivity contribution in [1.82, 2.24) is 19.8 Å². The van der Waals surface area contributed by atoms with Crippen LogP contribution in [0.25, 0.3) is 0 Å². The first kappa shape index (κ1) is 18.8. The Morgan fingerprint density at radius 1 is 0.947 bits per heavy atom. The second-order valence-corrected chi connectivity index (χ2v) is 5.88. The Kier molecular flexibility index (Phi) is 9.62. The maximum absolute atomic E-state index is 2.50. The van der Waals surface area contributed by atoms with E-state index in [1.54, 1.807) is 0 Å². The Morgan fingerprint density at radius 3 is 1.89 bits per heavy atom. The lowest BCUT2D eigenvalue weighted by molar-refractivity contribution is -0.110. The van der Waals surface area contributed by atoms with Gasteiger partial charge in [-0.25, -0.2) is 10.0 Å². The van der Waals surface area contributed by atoms with Gasteiger partial charge in [-0.2, -0.15) is 0 Å². The minimum Gasteiger partial charge on any atom is -0.294 e. The van der Waals surface area contributed by atoms with Crippen molar-refractivity contribution in [2.24, 2.45) is 5.92 Å². The maximum atomic E-state index is 2.50. The first-order valence-corrected chi connectivity index (χ1v) is 7.71. The van der Waals surface area contributed by atoms with Crippen LogP contribution in [-0.2, 0) is 0 Å². The summed E-state index contributed by atoms with van der Waals surface area (Å²) in [6.07, 6.45) is 2.86. The third-order valence-electron chi connectivity index (χ3n) is 3.88. The fraction of sp³-hybridized carbons (Fsp3) is 1.00. The standard InChI is InChI=1S/C15H36N4/c1-9-12-19(16(5)6)15(14(4)10-2)18(8)13-17(7)11-3/h14-15H,9-13H2,1-8H3. The summed E-state index contributed by atoms with van der Waals surface area (Å²) in [6.45, 7) is 12.3.